The maximum absolute atomic E-state index is 12.3. The molecule has 1 N–H and O–H groups in total. The summed E-state index contributed by atoms with van der Waals surface area (Å²) in [6, 6.07) is 2.03. The highest BCUT2D eigenvalue weighted by Gasteiger charge is 2.52. The fraction of sp³-hybridized carbons (Fsp3) is 0.714. The molecule has 1 fully saturated rings. The number of methoxy groups -OCH3 is 1. The lowest BCUT2D eigenvalue weighted by Gasteiger charge is -2.32. The molecule has 1 atom stereocenters. The van der Waals surface area contributed by atoms with Crippen LogP contribution in [0.4, 0.5) is 0 Å². The number of esters is 1. The number of aryl methyl sites for hydroxylation is 2. The average molecular weight is 265 g/mol. The number of aromatic nitrogens is 2. The number of nitrogens with one attached hydrogen (secondary N) is 1. The van der Waals surface area contributed by atoms with Crippen molar-refractivity contribution in [2.75, 3.05) is 13.7 Å². The first-order valence-electron chi connectivity index (χ1n) is 6.88. The smallest absolute Gasteiger partial charge is 0.328 e. The molecular formula is C14H23N3O2. The van der Waals surface area contributed by atoms with Crippen LogP contribution in [-0.4, -0.2) is 34.9 Å². The zero-order valence-corrected chi connectivity index (χ0v) is 12.2. The lowest BCUT2D eigenvalue weighted by Crippen LogP contribution is -2.57. The number of carbonyl (C=O) groups excluding carboxylic acids is 1. The van der Waals surface area contributed by atoms with E-state index in [1.807, 2.05) is 31.5 Å². The zero-order chi connectivity index (χ0) is 14.0. The highest BCUT2D eigenvalue weighted by Crippen LogP contribution is 2.41. The molecule has 0 amide bonds. The molecule has 1 aliphatic carbocycles. The summed E-state index contributed by atoms with van der Waals surface area (Å²) in [4.78, 5) is 12.3. The van der Waals surface area contributed by atoms with E-state index in [4.69, 9.17) is 4.74 Å². The number of hydrogen-bond donors (Lipinski definition) is 1. The second kappa shape index (κ2) is 5.33. The van der Waals surface area contributed by atoms with E-state index in [1.165, 1.54) is 7.11 Å². The van der Waals surface area contributed by atoms with E-state index < -0.39 is 5.54 Å². The van der Waals surface area contributed by atoms with Gasteiger partial charge in [-0.2, -0.15) is 5.10 Å². The van der Waals surface area contributed by atoms with Gasteiger partial charge in [0.25, 0.3) is 0 Å². The molecule has 1 unspecified atom stereocenters. The molecule has 1 saturated carbocycles. The van der Waals surface area contributed by atoms with Crippen molar-refractivity contribution in [3.63, 3.8) is 0 Å². The highest BCUT2D eigenvalue weighted by atomic mass is 16.5. The van der Waals surface area contributed by atoms with Gasteiger partial charge in [0, 0.05) is 5.69 Å². The number of hydrogen-bond acceptors (Lipinski definition) is 4. The molecule has 0 aliphatic heterocycles. The van der Waals surface area contributed by atoms with E-state index in [0.29, 0.717) is 12.5 Å². The standard InChI is InChI=1S/C14H23N3O2/c1-5-15-14(12-6-7-12,13(18)19-4)9-17-11(3)8-10(2)16-17/h8,12,15H,5-7,9H2,1-4H3. The third-order valence-electron chi connectivity index (χ3n) is 3.82. The van der Waals surface area contributed by atoms with Gasteiger partial charge >= 0.3 is 5.97 Å². The minimum Gasteiger partial charge on any atom is -0.468 e. The quantitative estimate of drug-likeness (QED) is 0.791. The molecule has 0 saturated heterocycles. The Bertz CT molecular complexity index is 465. The van der Waals surface area contributed by atoms with Crippen LogP contribution in [0.3, 0.4) is 0 Å². The van der Waals surface area contributed by atoms with Gasteiger partial charge in [0.2, 0.25) is 0 Å². The normalized spacial score (nSPS) is 18.1. The Labute approximate surface area is 114 Å². The van der Waals surface area contributed by atoms with Crippen LogP contribution in [0.15, 0.2) is 6.07 Å². The minimum atomic E-state index is -0.632. The fourth-order valence-electron chi connectivity index (χ4n) is 2.78. The number of likely N-dealkylation sites (N-methyl/N-ethyl adjacent to an activating group) is 1. The molecular weight excluding hydrogens is 242 g/mol. The van der Waals surface area contributed by atoms with Crippen LogP contribution in [0.1, 0.15) is 31.2 Å². The first-order chi connectivity index (χ1) is 9.03. The van der Waals surface area contributed by atoms with E-state index in [9.17, 15) is 4.79 Å². The summed E-state index contributed by atoms with van der Waals surface area (Å²) >= 11 is 0. The first kappa shape index (κ1) is 14.1. The maximum atomic E-state index is 12.3. The van der Waals surface area contributed by atoms with E-state index >= 15 is 0 Å². The molecule has 106 valence electrons. The zero-order valence-electron chi connectivity index (χ0n) is 12.2. The van der Waals surface area contributed by atoms with Gasteiger partial charge in [-0.3, -0.25) is 4.68 Å². The molecule has 1 heterocycles. The van der Waals surface area contributed by atoms with Crippen molar-refractivity contribution in [2.45, 2.75) is 45.7 Å². The molecule has 1 aromatic heterocycles. The second-order valence-corrected chi connectivity index (χ2v) is 5.35. The average Bonchev–Trinajstić information content (AvgIpc) is 3.16. The van der Waals surface area contributed by atoms with Crippen molar-refractivity contribution >= 4 is 5.97 Å². The van der Waals surface area contributed by atoms with E-state index in [-0.39, 0.29) is 5.97 Å². The van der Waals surface area contributed by atoms with E-state index in [2.05, 4.69) is 10.4 Å². The van der Waals surface area contributed by atoms with Crippen molar-refractivity contribution in [3.8, 4) is 0 Å². The van der Waals surface area contributed by atoms with Gasteiger partial charge in [0.1, 0.15) is 5.54 Å². The van der Waals surface area contributed by atoms with E-state index in [1.54, 1.807) is 0 Å². The molecule has 1 aromatic rings. The van der Waals surface area contributed by atoms with Crippen molar-refractivity contribution in [1.29, 1.82) is 0 Å². The van der Waals surface area contributed by atoms with Crippen molar-refractivity contribution in [3.05, 3.63) is 17.5 Å². The minimum absolute atomic E-state index is 0.176. The highest BCUT2D eigenvalue weighted by molar-refractivity contribution is 5.81. The summed E-state index contributed by atoms with van der Waals surface area (Å²) in [5.41, 5.74) is 1.42. The Morgan fingerprint density at radius 3 is 2.68 bits per heavy atom. The predicted molar refractivity (Wildman–Crippen MR) is 72.8 cm³/mol. The van der Waals surface area contributed by atoms with Gasteiger partial charge in [-0.05, 0) is 45.2 Å². The van der Waals surface area contributed by atoms with E-state index in [0.717, 1.165) is 30.8 Å². The molecule has 0 radical (unpaired) electrons. The van der Waals surface area contributed by atoms with Crippen molar-refractivity contribution in [2.24, 2.45) is 5.92 Å². The monoisotopic (exact) mass is 265 g/mol. The van der Waals surface area contributed by atoms with Crippen molar-refractivity contribution < 1.29 is 9.53 Å². The van der Waals surface area contributed by atoms with Gasteiger partial charge in [-0.25, -0.2) is 4.79 Å². The lowest BCUT2D eigenvalue weighted by molar-refractivity contribution is -0.150. The SMILES string of the molecule is CCNC(Cn1nc(C)cc1C)(C(=O)OC)C1CC1. The third-order valence-corrected chi connectivity index (χ3v) is 3.82. The Balaban J connectivity index is 2.31. The molecule has 0 spiro atoms. The summed E-state index contributed by atoms with van der Waals surface area (Å²) in [6.45, 7) is 7.28. The van der Waals surface area contributed by atoms with Gasteiger partial charge in [0.15, 0.2) is 0 Å². The summed E-state index contributed by atoms with van der Waals surface area (Å²) in [6.07, 6.45) is 2.14. The van der Waals surface area contributed by atoms with Gasteiger partial charge < -0.3 is 10.1 Å². The fourth-order valence-corrected chi connectivity index (χ4v) is 2.78. The molecule has 0 bridgehead atoms. The molecule has 5 heteroatoms. The number of rotatable bonds is 6. The maximum Gasteiger partial charge on any atom is 0.328 e. The van der Waals surface area contributed by atoms with Crippen LogP contribution in [0.5, 0.6) is 0 Å². The van der Waals surface area contributed by atoms with Gasteiger partial charge in [-0.1, -0.05) is 6.92 Å². The largest absolute Gasteiger partial charge is 0.468 e. The van der Waals surface area contributed by atoms with Gasteiger partial charge in [-0.15, -0.1) is 0 Å². The number of carbonyl (C=O) groups is 1. The summed E-state index contributed by atoms with van der Waals surface area (Å²) in [5.74, 6) is 0.174. The van der Waals surface area contributed by atoms with Crippen LogP contribution < -0.4 is 5.32 Å². The third kappa shape index (κ3) is 2.66. The molecule has 5 nitrogen and oxygen atoms in total. The summed E-state index contributed by atoms with van der Waals surface area (Å²) in [7, 11) is 1.46. The van der Waals surface area contributed by atoms with Crippen LogP contribution in [0, 0.1) is 19.8 Å². The Kier molecular flexibility index (Phi) is 3.94. The van der Waals surface area contributed by atoms with Crippen LogP contribution in [0.25, 0.3) is 0 Å². The molecule has 1 aliphatic rings. The summed E-state index contributed by atoms with van der Waals surface area (Å²) in [5, 5.41) is 7.83. The number of ether oxygens (including phenoxy) is 1. The Morgan fingerprint density at radius 2 is 2.26 bits per heavy atom. The summed E-state index contributed by atoms with van der Waals surface area (Å²) < 4.78 is 6.96. The molecule has 19 heavy (non-hydrogen) atoms. The van der Waals surface area contributed by atoms with Crippen LogP contribution in [0.2, 0.25) is 0 Å². The predicted octanol–water partition coefficient (Wildman–Crippen LogP) is 1.43. The van der Waals surface area contributed by atoms with Crippen LogP contribution >= 0.6 is 0 Å². The number of nitrogens with zero attached hydrogens (tertiary/aromatic N) is 2. The topological polar surface area (TPSA) is 56.2 Å². The Morgan fingerprint density at radius 1 is 1.58 bits per heavy atom. The second-order valence-electron chi connectivity index (χ2n) is 5.35. The van der Waals surface area contributed by atoms with Crippen molar-refractivity contribution in [1.82, 2.24) is 15.1 Å². The lowest BCUT2D eigenvalue weighted by atomic mass is 9.92. The van der Waals surface area contributed by atoms with Crippen LogP contribution in [-0.2, 0) is 16.1 Å². The molecule has 0 aromatic carbocycles. The molecule has 2 rings (SSSR count). The first-order valence-corrected chi connectivity index (χ1v) is 6.88. The van der Waals surface area contributed by atoms with Gasteiger partial charge in [0.05, 0.1) is 19.3 Å². The Hall–Kier alpha value is -1.36.